The van der Waals surface area contributed by atoms with Crippen LogP contribution in [0.4, 0.5) is 0 Å². The summed E-state index contributed by atoms with van der Waals surface area (Å²) in [7, 11) is -3.49. The van der Waals surface area contributed by atoms with Gasteiger partial charge in [0.2, 0.25) is 10.0 Å². The molecular formula is C14H22N2O3S. The fourth-order valence-corrected chi connectivity index (χ4v) is 4.40. The van der Waals surface area contributed by atoms with Crippen LogP contribution in [0.5, 0.6) is 0 Å². The Morgan fingerprint density at radius 2 is 2.20 bits per heavy atom. The number of hydrogen-bond acceptors (Lipinski definition) is 4. The van der Waals surface area contributed by atoms with E-state index in [1.807, 2.05) is 26.0 Å². The molecule has 1 heterocycles. The third-order valence-electron chi connectivity index (χ3n) is 3.72. The van der Waals surface area contributed by atoms with E-state index in [0.717, 1.165) is 17.5 Å². The highest BCUT2D eigenvalue weighted by molar-refractivity contribution is 7.89. The summed E-state index contributed by atoms with van der Waals surface area (Å²) in [5.41, 5.74) is 7.20. The molecule has 5 nitrogen and oxygen atoms in total. The number of morpholine rings is 1. The van der Waals surface area contributed by atoms with Crippen molar-refractivity contribution in [2.45, 2.75) is 37.8 Å². The van der Waals surface area contributed by atoms with Crippen molar-refractivity contribution in [3.63, 3.8) is 0 Å². The predicted molar refractivity (Wildman–Crippen MR) is 77.9 cm³/mol. The maximum Gasteiger partial charge on any atom is 0.243 e. The molecule has 1 aromatic rings. The number of aryl methyl sites for hydroxylation is 1. The zero-order valence-electron chi connectivity index (χ0n) is 12.0. The van der Waals surface area contributed by atoms with Crippen molar-refractivity contribution in [1.29, 1.82) is 0 Å². The van der Waals surface area contributed by atoms with Crippen molar-refractivity contribution in [1.82, 2.24) is 4.31 Å². The fraction of sp³-hybridized carbons (Fsp3) is 0.571. The number of nitrogens with two attached hydrogens (primary N) is 1. The van der Waals surface area contributed by atoms with E-state index in [0.29, 0.717) is 31.2 Å². The third-order valence-corrected chi connectivity index (χ3v) is 5.81. The number of nitrogens with zero attached hydrogens (tertiary/aromatic N) is 1. The van der Waals surface area contributed by atoms with Crippen LogP contribution in [0, 0.1) is 6.92 Å². The van der Waals surface area contributed by atoms with Gasteiger partial charge in [0, 0.05) is 19.1 Å². The lowest BCUT2D eigenvalue weighted by Gasteiger charge is -2.34. The van der Waals surface area contributed by atoms with Crippen molar-refractivity contribution in [3.8, 4) is 0 Å². The van der Waals surface area contributed by atoms with Gasteiger partial charge < -0.3 is 10.5 Å². The van der Waals surface area contributed by atoms with Crippen molar-refractivity contribution >= 4 is 10.0 Å². The first kappa shape index (κ1) is 15.4. The van der Waals surface area contributed by atoms with Crippen molar-refractivity contribution in [3.05, 3.63) is 29.3 Å². The van der Waals surface area contributed by atoms with Crippen molar-refractivity contribution in [2.24, 2.45) is 5.73 Å². The largest absolute Gasteiger partial charge is 0.378 e. The van der Waals surface area contributed by atoms with E-state index in [1.165, 1.54) is 0 Å². The highest BCUT2D eigenvalue weighted by Gasteiger charge is 2.33. The molecule has 1 unspecified atom stereocenters. The lowest BCUT2D eigenvalue weighted by molar-refractivity contribution is 0.0314. The van der Waals surface area contributed by atoms with Crippen LogP contribution >= 0.6 is 0 Å². The van der Waals surface area contributed by atoms with Crippen LogP contribution in [-0.4, -0.2) is 38.5 Å². The molecule has 0 spiro atoms. The summed E-state index contributed by atoms with van der Waals surface area (Å²) >= 11 is 0. The number of benzene rings is 1. The van der Waals surface area contributed by atoms with Crippen LogP contribution in [-0.2, 0) is 21.3 Å². The third kappa shape index (κ3) is 2.88. The van der Waals surface area contributed by atoms with Crippen LogP contribution in [0.1, 0.15) is 24.5 Å². The average Bonchev–Trinajstić information content (AvgIpc) is 2.47. The first-order valence-corrected chi connectivity index (χ1v) is 8.34. The molecule has 0 aliphatic carbocycles. The quantitative estimate of drug-likeness (QED) is 0.908. The molecule has 2 rings (SSSR count). The second-order valence-electron chi connectivity index (χ2n) is 5.06. The van der Waals surface area contributed by atoms with Gasteiger partial charge in [-0.2, -0.15) is 4.31 Å². The fourth-order valence-electron chi connectivity index (χ4n) is 2.45. The minimum Gasteiger partial charge on any atom is -0.378 e. The highest BCUT2D eigenvalue weighted by atomic mass is 32.2. The van der Waals surface area contributed by atoms with Gasteiger partial charge in [-0.05, 0) is 30.5 Å². The van der Waals surface area contributed by atoms with Gasteiger partial charge in [-0.3, -0.25) is 0 Å². The normalized spacial score (nSPS) is 21.1. The lowest BCUT2D eigenvalue weighted by atomic mass is 10.1. The van der Waals surface area contributed by atoms with Crippen LogP contribution in [0.2, 0.25) is 0 Å². The van der Waals surface area contributed by atoms with E-state index in [9.17, 15) is 8.42 Å². The molecule has 0 bridgehead atoms. The number of rotatable bonds is 4. The number of hydrogen-bond donors (Lipinski definition) is 1. The molecule has 0 saturated carbocycles. The number of sulfonamides is 1. The molecule has 1 fully saturated rings. The van der Waals surface area contributed by atoms with E-state index in [1.54, 1.807) is 10.4 Å². The Kier molecular flexibility index (Phi) is 4.80. The average molecular weight is 298 g/mol. The Bertz CT molecular complexity index is 572. The molecule has 0 amide bonds. The Balaban J connectivity index is 2.43. The Hall–Kier alpha value is -0.950. The summed E-state index contributed by atoms with van der Waals surface area (Å²) in [4.78, 5) is 0.362. The van der Waals surface area contributed by atoms with E-state index < -0.39 is 10.0 Å². The van der Waals surface area contributed by atoms with E-state index in [4.69, 9.17) is 10.5 Å². The zero-order valence-corrected chi connectivity index (χ0v) is 12.8. The topological polar surface area (TPSA) is 72.6 Å². The molecule has 6 heteroatoms. The number of ether oxygens (including phenoxy) is 1. The lowest BCUT2D eigenvalue weighted by Crippen LogP contribution is -2.48. The van der Waals surface area contributed by atoms with Gasteiger partial charge in [0.1, 0.15) is 0 Å². The van der Waals surface area contributed by atoms with Gasteiger partial charge in [-0.1, -0.05) is 19.1 Å². The smallest absolute Gasteiger partial charge is 0.243 e. The van der Waals surface area contributed by atoms with E-state index >= 15 is 0 Å². The summed E-state index contributed by atoms with van der Waals surface area (Å²) in [6, 6.07) is 5.28. The van der Waals surface area contributed by atoms with Gasteiger partial charge in [0.25, 0.3) is 0 Å². The van der Waals surface area contributed by atoms with Crippen LogP contribution in [0.15, 0.2) is 23.1 Å². The maximum atomic E-state index is 12.9. The summed E-state index contributed by atoms with van der Waals surface area (Å²) in [6.45, 7) is 5.45. The first-order chi connectivity index (χ1) is 9.50. The second-order valence-corrected chi connectivity index (χ2v) is 6.92. The second kappa shape index (κ2) is 6.22. The molecule has 112 valence electrons. The Morgan fingerprint density at radius 1 is 1.45 bits per heavy atom. The molecule has 20 heavy (non-hydrogen) atoms. The molecule has 0 radical (unpaired) electrons. The molecule has 2 N–H and O–H groups in total. The minimum absolute atomic E-state index is 0.0883. The highest BCUT2D eigenvalue weighted by Crippen LogP contribution is 2.25. The van der Waals surface area contributed by atoms with Crippen LogP contribution < -0.4 is 5.73 Å². The minimum atomic E-state index is -3.49. The van der Waals surface area contributed by atoms with Gasteiger partial charge in [0.15, 0.2) is 0 Å². The molecule has 0 aromatic heterocycles. The molecular weight excluding hydrogens is 276 g/mol. The van der Waals surface area contributed by atoms with Crippen LogP contribution in [0.25, 0.3) is 0 Å². The van der Waals surface area contributed by atoms with Gasteiger partial charge in [0.05, 0.1) is 18.1 Å². The summed E-state index contributed by atoms with van der Waals surface area (Å²) in [6.07, 6.45) is 0.745. The van der Waals surface area contributed by atoms with Crippen molar-refractivity contribution in [2.75, 3.05) is 19.8 Å². The first-order valence-electron chi connectivity index (χ1n) is 6.90. The Labute approximate surface area is 120 Å². The summed E-state index contributed by atoms with van der Waals surface area (Å²) < 4.78 is 32.7. The molecule has 1 saturated heterocycles. The van der Waals surface area contributed by atoms with Gasteiger partial charge >= 0.3 is 0 Å². The molecule has 1 aromatic carbocycles. The van der Waals surface area contributed by atoms with Crippen molar-refractivity contribution < 1.29 is 13.2 Å². The monoisotopic (exact) mass is 298 g/mol. The van der Waals surface area contributed by atoms with Gasteiger partial charge in [-0.15, -0.1) is 0 Å². The maximum absolute atomic E-state index is 12.9. The predicted octanol–water partition coefficient (Wildman–Crippen LogP) is 1.25. The van der Waals surface area contributed by atoms with Crippen LogP contribution in [0.3, 0.4) is 0 Å². The van der Waals surface area contributed by atoms with Gasteiger partial charge in [-0.25, -0.2) is 8.42 Å². The Morgan fingerprint density at radius 3 is 2.85 bits per heavy atom. The molecule has 1 aliphatic rings. The standard InChI is InChI=1S/C14H22N2O3S/c1-3-13-10-19-7-6-16(13)20(17,18)14-8-12(9-15)5-4-11(14)2/h4-5,8,13H,3,6-7,9-10,15H2,1-2H3. The van der Waals surface area contributed by atoms with E-state index in [2.05, 4.69) is 0 Å². The molecule has 1 aliphatic heterocycles. The SMILES string of the molecule is CCC1COCCN1S(=O)(=O)c1cc(CN)ccc1C. The zero-order chi connectivity index (χ0) is 14.8. The summed E-state index contributed by atoms with van der Waals surface area (Å²) in [5, 5.41) is 0. The van der Waals surface area contributed by atoms with E-state index in [-0.39, 0.29) is 6.04 Å². The molecule has 1 atom stereocenters. The summed E-state index contributed by atoms with van der Waals surface area (Å²) in [5.74, 6) is 0.